The lowest BCUT2D eigenvalue weighted by atomic mass is 9.91. The summed E-state index contributed by atoms with van der Waals surface area (Å²) in [5, 5.41) is 20.2. The highest BCUT2D eigenvalue weighted by molar-refractivity contribution is 5.13. The maximum Gasteiger partial charge on any atom is 0.134 e. The first-order chi connectivity index (χ1) is 11.2. The van der Waals surface area contributed by atoms with E-state index < -0.39 is 0 Å². The first kappa shape index (κ1) is 18.2. The molecule has 0 amide bonds. The van der Waals surface area contributed by atoms with E-state index in [-0.39, 0.29) is 18.1 Å². The van der Waals surface area contributed by atoms with Crippen molar-refractivity contribution in [1.29, 1.82) is 0 Å². The average molecular weight is 320 g/mol. The second-order valence-electron chi connectivity index (χ2n) is 6.93. The van der Waals surface area contributed by atoms with E-state index in [4.69, 9.17) is 4.74 Å². The number of rotatable bonds is 8. The number of fused-ring (bicyclic) bond motifs is 1. The minimum Gasteiger partial charge on any atom is -0.505 e. The van der Waals surface area contributed by atoms with E-state index in [0.29, 0.717) is 24.5 Å². The number of ether oxygens (including phenoxy) is 1. The summed E-state index contributed by atoms with van der Waals surface area (Å²) in [6.07, 6.45) is 12.9. The van der Waals surface area contributed by atoms with Crippen molar-refractivity contribution in [3.05, 3.63) is 29.4 Å². The van der Waals surface area contributed by atoms with Crippen LogP contribution < -0.4 is 0 Å². The largest absolute Gasteiger partial charge is 0.505 e. The van der Waals surface area contributed by atoms with Gasteiger partial charge in [-0.25, -0.2) is 0 Å². The van der Waals surface area contributed by atoms with Crippen molar-refractivity contribution in [3.8, 4) is 0 Å². The van der Waals surface area contributed by atoms with E-state index in [9.17, 15) is 10.2 Å². The van der Waals surface area contributed by atoms with E-state index in [1.165, 1.54) is 12.8 Å². The Hall–Kier alpha value is -1.18. The minimum absolute atomic E-state index is 0.0467. The third kappa shape index (κ3) is 5.16. The smallest absolute Gasteiger partial charge is 0.134 e. The first-order valence-corrected chi connectivity index (χ1v) is 9.34. The topological polar surface area (TPSA) is 49.7 Å². The molecule has 130 valence electrons. The molecule has 3 heteroatoms. The SMILES string of the molecule is CCCC/C=C1/CC2C(C=C=C(O)CCCCC)[C@H](O)C[C@@H]2O1. The molecule has 0 radical (unpaired) electrons. The van der Waals surface area contributed by atoms with Gasteiger partial charge in [0.15, 0.2) is 0 Å². The van der Waals surface area contributed by atoms with Crippen LogP contribution in [0.3, 0.4) is 0 Å². The Morgan fingerprint density at radius 1 is 1.26 bits per heavy atom. The van der Waals surface area contributed by atoms with Gasteiger partial charge in [0.25, 0.3) is 0 Å². The molecule has 2 aliphatic rings. The highest BCUT2D eigenvalue weighted by Crippen LogP contribution is 2.45. The van der Waals surface area contributed by atoms with Crippen LogP contribution in [0.25, 0.3) is 0 Å². The average Bonchev–Trinajstić information content (AvgIpc) is 3.02. The molecule has 0 spiro atoms. The van der Waals surface area contributed by atoms with Gasteiger partial charge in [0.2, 0.25) is 0 Å². The summed E-state index contributed by atoms with van der Waals surface area (Å²) in [5.74, 6) is 1.78. The molecule has 1 saturated carbocycles. The second-order valence-corrected chi connectivity index (χ2v) is 6.93. The predicted octanol–water partition coefficient (Wildman–Crippen LogP) is 5.02. The van der Waals surface area contributed by atoms with Crippen LogP contribution in [0.4, 0.5) is 0 Å². The van der Waals surface area contributed by atoms with Crippen molar-refractivity contribution in [2.45, 2.75) is 83.8 Å². The van der Waals surface area contributed by atoms with Crippen LogP contribution in [-0.4, -0.2) is 22.4 Å². The molecule has 2 rings (SSSR count). The van der Waals surface area contributed by atoms with Crippen molar-refractivity contribution in [2.24, 2.45) is 11.8 Å². The molecule has 3 nitrogen and oxygen atoms in total. The van der Waals surface area contributed by atoms with Gasteiger partial charge < -0.3 is 14.9 Å². The second kappa shape index (κ2) is 9.20. The van der Waals surface area contributed by atoms with E-state index in [2.05, 4.69) is 25.7 Å². The molecule has 1 aliphatic heterocycles. The van der Waals surface area contributed by atoms with Crippen molar-refractivity contribution >= 4 is 0 Å². The Kier molecular flexibility index (Phi) is 7.26. The third-order valence-electron chi connectivity index (χ3n) is 5.02. The van der Waals surface area contributed by atoms with Gasteiger partial charge in [-0.15, -0.1) is 0 Å². The van der Waals surface area contributed by atoms with Crippen molar-refractivity contribution in [3.63, 3.8) is 0 Å². The molecule has 2 unspecified atom stereocenters. The van der Waals surface area contributed by atoms with Crippen LogP contribution in [0.15, 0.2) is 29.4 Å². The summed E-state index contributed by atoms with van der Waals surface area (Å²) in [6, 6.07) is 0. The number of allylic oxidation sites excluding steroid dienone is 2. The Bertz CT molecular complexity index is 460. The first-order valence-electron chi connectivity index (χ1n) is 9.34. The van der Waals surface area contributed by atoms with Crippen molar-refractivity contribution in [2.75, 3.05) is 0 Å². The van der Waals surface area contributed by atoms with Gasteiger partial charge in [0, 0.05) is 31.1 Å². The number of aliphatic hydroxyl groups is 2. The highest BCUT2D eigenvalue weighted by atomic mass is 16.5. The monoisotopic (exact) mass is 320 g/mol. The van der Waals surface area contributed by atoms with E-state index in [1.807, 2.05) is 6.08 Å². The van der Waals surface area contributed by atoms with Crippen molar-refractivity contribution < 1.29 is 14.9 Å². The summed E-state index contributed by atoms with van der Waals surface area (Å²) < 4.78 is 6.00. The van der Waals surface area contributed by atoms with Crippen LogP contribution >= 0.6 is 0 Å². The van der Waals surface area contributed by atoms with Gasteiger partial charge in [-0.05, 0) is 31.4 Å². The molecule has 0 aromatic rings. The zero-order valence-corrected chi connectivity index (χ0v) is 14.6. The Labute approximate surface area is 140 Å². The number of hydrogen-bond donors (Lipinski definition) is 2. The fourth-order valence-corrected chi connectivity index (χ4v) is 3.62. The van der Waals surface area contributed by atoms with E-state index >= 15 is 0 Å². The van der Waals surface area contributed by atoms with Crippen LogP contribution in [0.1, 0.15) is 71.6 Å². The van der Waals surface area contributed by atoms with Crippen LogP contribution in [0.2, 0.25) is 0 Å². The molecular weight excluding hydrogens is 288 g/mol. The molecule has 0 bridgehead atoms. The summed E-state index contributed by atoms with van der Waals surface area (Å²) in [7, 11) is 0. The fourth-order valence-electron chi connectivity index (χ4n) is 3.62. The molecule has 2 N–H and O–H groups in total. The summed E-state index contributed by atoms with van der Waals surface area (Å²) in [5.41, 5.74) is 3.01. The van der Waals surface area contributed by atoms with Gasteiger partial charge >= 0.3 is 0 Å². The van der Waals surface area contributed by atoms with Crippen LogP contribution in [0.5, 0.6) is 0 Å². The molecular formula is C20H32O3. The predicted molar refractivity (Wildman–Crippen MR) is 93.1 cm³/mol. The minimum atomic E-state index is -0.377. The molecule has 1 aliphatic carbocycles. The summed E-state index contributed by atoms with van der Waals surface area (Å²) in [4.78, 5) is 0. The lowest BCUT2D eigenvalue weighted by Gasteiger charge is -2.13. The number of hydrogen-bond acceptors (Lipinski definition) is 3. The van der Waals surface area contributed by atoms with Gasteiger partial charge in [0.05, 0.1) is 11.9 Å². The molecule has 0 aromatic carbocycles. The van der Waals surface area contributed by atoms with E-state index in [1.54, 1.807) is 0 Å². The Morgan fingerprint density at radius 3 is 2.78 bits per heavy atom. The molecule has 2 fully saturated rings. The van der Waals surface area contributed by atoms with Crippen molar-refractivity contribution in [1.82, 2.24) is 0 Å². The number of unbranched alkanes of at least 4 members (excludes halogenated alkanes) is 4. The molecule has 23 heavy (non-hydrogen) atoms. The normalized spacial score (nSPS) is 30.8. The summed E-state index contributed by atoms with van der Waals surface area (Å²) >= 11 is 0. The van der Waals surface area contributed by atoms with E-state index in [0.717, 1.165) is 37.9 Å². The summed E-state index contributed by atoms with van der Waals surface area (Å²) in [6.45, 7) is 4.34. The zero-order valence-electron chi connectivity index (χ0n) is 14.6. The standard InChI is InChI=1S/C20H32O3/c1-3-5-7-9-15(21)11-12-17-18-13-16(10-8-6-4-2)23-20(18)14-19(17)22/h10,12,17-22H,3-9,13-14H2,1-2H3/b16-10-/t11?,17?,18?,19-,20+/m1/s1. The van der Waals surface area contributed by atoms with Crippen LogP contribution in [0, 0.1) is 11.8 Å². The van der Waals surface area contributed by atoms with Gasteiger partial charge in [-0.3, -0.25) is 0 Å². The van der Waals surface area contributed by atoms with Gasteiger partial charge in [0.1, 0.15) is 11.9 Å². The lowest BCUT2D eigenvalue weighted by Crippen LogP contribution is -2.16. The fraction of sp³-hybridized carbons (Fsp3) is 0.750. The maximum absolute atomic E-state index is 10.3. The molecule has 0 aromatic heterocycles. The third-order valence-corrected chi connectivity index (χ3v) is 5.02. The zero-order chi connectivity index (χ0) is 16.7. The lowest BCUT2D eigenvalue weighted by molar-refractivity contribution is 0.112. The molecule has 1 heterocycles. The molecule has 1 saturated heterocycles. The van der Waals surface area contributed by atoms with Gasteiger partial charge in [-0.1, -0.05) is 38.8 Å². The van der Waals surface area contributed by atoms with Crippen LogP contribution in [-0.2, 0) is 4.74 Å². The van der Waals surface area contributed by atoms with Gasteiger partial charge in [-0.2, -0.15) is 0 Å². The maximum atomic E-state index is 10.3. The highest BCUT2D eigenvalue weighted by Gasteiger charge is 2.47. The number of aliphatic hydroxyl groups excluding tert-OH is 2. The quantitative estimate of drug-likeness (QED) is 0.375. The molecule has 4 atom stereocenters. The Morgan fingerprint density at radius 2 is 2.04 bits per heavy atom. The Balaban J connectivity index is 1.94.